The molecule has 2 rings (SSSR count). The molecule has 0 radical (unpaired) electrons. The van der Waals surface area contributed by atoms with Crippen molar-refractivity contribution in [3.8, 4) is 0 Å². The third-order valence-electron chi connectivity index (χ3n) is 2.56. The minimum absolute atomic E-state index is 0.124. The molecule has 90 valence electrons. The van der Waals surface area contributed by atoms with Gasteiger partial charge in [-0.25, -0.2) is 0 Å². The molecular weight excluding hydrogens is 275 g/mol. The highest BCUT2D eigenvalue weighted by atomic mass is 35.5. The van der Waals surface area contributed by atoms with E-state index in [4.69, 9.17) is 28.9 Å². The Morgan fingerprint density at radius 1 is 1.47 bits per heavy atom. The summed E-state index contributed by atoms with van der Waals surface area (Å²) in [7, 11) is 0. The summed E-state index contributed by atoms with van der Waals surface area (Å²) < 4.78 is 0. The van der Waals surface area contributed by atoms with Crippen LogP contribution in [0.4, 0.5) is 0 Å². The maximum absolute atomic E-state index is 6.19. The zero-order chi connectivity index (χ0) is 12.4. The summed E-state index contributed by atoms with van der Waals surface area (Å²) in [5.41, 5.74) is 8.23. The Kier molecular flexibility index (Phi) is 4.05. The van der Waals surface area contributed by atoms with Gasteiger partial charge in [-0.3, -0.25) is 4.98 Å². The van der Waals surface area contributed by atoms with Crippen molar-refractivity contribution in [2.75, 3.05) is 0 Å². The molecule has 0 amide bonds. The van der Waals surface area contributed by atoms with E-state index in [0.29, 0.717) is 11.4 Å². The highest BCUT2D eigenvalue weighted by molar-refractivity contribution is 7.10. The van der Waals surface area contributed by atoms with Gasteiger partial charge in [-0.15, -0.1) is 11.3 Å². The lowest BCUT2D eigenvalue weighted by Crippen LogP contribution is -2.12. The minimum atomic E-state index is -0.124. The van der Waals surface area contributed by atoms with Gasteiger partial charge in [0, 0.05) is 23.3 Å². The second-order valence-corrected chi connectivity index (χ2v) is 5.57. The van der Waals surface area contributed by atoms with E-state index in [0.717, 1.165) is 21.0 Å². The van der Waals surface area contributed by atoms with Crippen LogP contribution in [0, 0.1) is 6.92 Å². The van der Waals surface area contributed by atoms with Crippen LogP contribution in [0.5, 0.6) is 0 Å². The van der Waals surface area contributed by atoms with Gasteiger partial charge < -0.3 is 5.73 Å². The zero-order valence-electron chi connectivity index (χ0n) is 9.28. The molecule has 1 unspecified atom stereocenters. The number of pyridine rings is 1. The third-order valence-corrected chi connectivity index (χ3v) is 4.74. The van der Waals surface area contributed by atoms with E-state index >= 15 is 0 Å². The molecule has 0 saturated heterocycles. The Morgan fingerprint density at radius 2 is 2.24 bits per heavy atom. The second-order valence-electron chi connectivity index (χ2n) is 3.87. The molecule has 0 spiro atoms. The first-order valence-electron chi connectivity index (χ1n) is 5.17. The lowest BCUT2D eigenvalue weighted by atomic mass is 10.1. The SMILES string of the molecule is Cc1csc(C(N)Cc2ccncc2Cl)c1Cl. The molecule has 2 aromatic rings. The van der Waals surface area contributed by atoms with Gasteiger partial charge in [0.05, 0.1) is 10.0 Å². The largest absolute Gasteiger partial charge is 0.323 e. The highest BCUT2D eigenvalue weighted by Crippen LogP contribution is 2.33. The first kappa shape index (κ1) is 12.8. The molecule has 1 atom stereocenters. The van der Waals surface area contributed by atoms with Crippen molar-refractivity contribution < 1.29 is 0 Å². The van der Waals surface area contributed by atoms with E-state index < -0.39 is 0 Å². The number of aryl methyl sites for hydroxylation is 1. The summed E-state index contributed by atoms with van der Waals surface area (Å²) in [6, 6.07) is 1.76. The van der Waals surface area contributed by atoms with Crippen molar-refractivity contribution in [2.45, 2.75) is 19.4 Å². The average molecular weight is 287 g/mol. The molecule has 2 aromatic heterocycles. The van der Waals surface area contributed by atoms with Crippen molar-refractivity contribution in [3.63, 3.8) is 0 Å². The number of nitrogens with zero attached hydrogens (tertiary/aromatic N) is 1. The number of aromatic nitrogens is 1. The van der Waals surface area contributed by atoms with Crippen LogP contribution in [0.2, 0.25) is 10.0 Å². The van der Waals surface area contributed by atoms with Crippen molar-refractivity contribution >= 4 is 34.5 Å². The fourth-order valence-electron chi connectivity index (χ4n) is 1.60. The Labute approximate surface area is 114 Å². The Morgan fingerprint density at radius 3 is 2.82 bits per heavy atom. The molecule has 17 heavy (non-hydrogen) atoms. The molecule has 0 aliphatic carbocycles. The van der Waals surface area contributed by atoms with Gasteiger partial charge in [-0.1, -0.05) is 23.2 Å². The Balaban J connectivity index is 2.20. The van der Waals surface area contributed by atoms with Crippen LogP contribution in [0.25, 0.3) is 0 Å². The van der Waals surface area contributed by atoms with Gasteiger partial charge in [-0.05, 0) is 35.9 Å². The standard InChI is InChI=1S/C12H12Cl2N2S/c1-7-6-17-12(11(7)14)10(15)4-8-2-3-16-5-9(8)13/h2-3,5-6,10H,4,15H2,1H3. The number of hydrogen-bond acceptors (Lipinski definition) is 3. The summed E-state index contributed by atoms with van der Waals surface area (Å²) in [6.45, 7) is 1.98. The van der Waals surface area contributed by atoms with Gasteiger partial charge in [0.1, 0.15) is 0 Å². The molecular formula is C12H12Cl2N2S. The quantitative estimate of drug-likeness (QED) is 0.926. The number of thiophene rings is 1. The number of nitrogens with two attached hydrogens (primary N) is 1. The normalized spacial score (nSPS) is 12.7. The average Bonchev–Trinajstić information content (AvgIpc) is 2.63. The maximum atomic E-state index is 6.19. The molecule has 0 bridgehead atoms. The van der Waals surface area contributed by atoms with E-state index in [9.17, 15) is 0 Å². The molecule has 2 nitrogen and oxygen atoms in total. The molecule has 0 aliphatic rings. The van der Waals surface area contributed by atoms with E-state index in [1.165, 1.54) is 0 Å². The van der Waals surface area contributed by atoms with Gasteiger partial charge in [-0.2, -0.15) is 0 Å². The molecule has 2 heterocycles. The van der Waals surface area contributed by atoms with Gasteiger partial charge in [0.15, 0.2) is 0 Å². The van der Waals surface area contributed by atoms with E-state index in [2.05, 4.69) is 4.98 Å². The lowest BCUT2D eigenvalue weighted by molar-refractivity contribution is 0.735. The molecule has 0 aromatic carbocycles. The van der Waals surface area contributed by atoms with Crippen LogP contribution < -0.4 is 5.73 Å². The smallest absolute Gasteiger partial charge is 0.0622 e. The first-order chi connectivity index (χ1) is 8.09. The summed E-state index contributed by atoms with van der Waals surface area (Å²) in [5.74, 6) is 0. The fraction of sp³-hybridized carbons (Fsp3) is 0.250. The summed E-state index contributed by atoms with van der Waals surface area (Å²) in [5, 5.41) is 3.44. The van der Waals surface area contributed by atoms with E-state index in [1.807, 2.05) is 18.4 Å². The van der Waals surface area contributed by atoms with Crippen molar-refractivity contribution in [2.24, 2.45) is 5.73 Å². The van der Waals surface area contributed by atoms with Crippen LogP contribution in [-0.4, -0.2) is 4.98 Å². The molecule has 0 fully saturated rings. The second kappa shape index (κ2) is 5.36. The van der Waals surface area contributed by atoms with Crippen LogP contribution in [-0.2, 0) is 6.42 Å². The Hall–Kier alpha value is -0.610. The predicted octanol–water partition coefficient (Wildman–Crippen LogP) is 4.00. The molecule has 2 N–H and O–H groups in total. The third kappa shape index (κ3) is 2.80. The zero-order valence-corrected chi connectivity index (χ0v) is 11.6. The van der Waals surface area contributed by atoms with Crippen LogP contribution in [0.3, 0.4) is 0 Å². The van der Waals surface area contributed by atoms with E-state index in [1.54, 1.807) is 23.7 Å². The fourth-order valence-corrected chi connectivity index (χ4v) is 3.13. The first-order valence-corrected chi connectivity index (χ1v) is 6.80. The van der Waals surface area contributed by atoms with Crippen LogP contribution in [0.1, 0.15) is 22.0 Å². The summed E-state index contributed by atoms with van der Waals surface area (Å²) in [4.78, 5) is 4.96. The summed E-state index contributed by atoms with van der Waals surface area (Å²) >= 11 is 13.8. The number of halogens is 2. The number of rotatable bonds is 3. The monoisotopic (exact) mass is 286 g/mol. The number of hydrogen-bond donors (Lipinski definition) is 1. The van der Waals surface area contributed by atoms with Crippen molar-refractivity contribution in [1.29, 1.82) is 0 Å². The molecule has 5 heteroatoms. The van der Waals surface area contributed by atoms with Gasteiger partial charge >= 0.3 is 0 Å². The van der Waals surface area contributed by atoms with Gasteiger partial charge in [0.25, 0.3) is 0 Å². The molecule has 0 aliphatic heterocycles. The molecule has 0 saturated carbocycles. The van der Waals surface area contributed by atoms with E-state index in [-0.39, 0.29) is 6.04 Å². The summed E-state index contributed by atoms with van der Waals surface area (Å²) in [6.07, 6.45) is 4.02. The Bertz CT molecular complexity index is 525. The minimum Gasteiger partial charge on any atom is -0.323 e. The maximum Gasteiger partial charge on any atom is 0.0622 e. The predicted molar refractivity (Wildman–Crippen MR) is 73.9 cm³/mol. The van der Waals surface area contributed by atoms with Crippen molar-refractivity contribution in [1.82, 2.24) is 4.98 Å². The van der Waals surface area contributed by atoms with Crippen LogP contribution >= 0.6 is 34.5 Å². The van der Waals surface area contributed by atoms with Gasteiger partial charge in [0.2, 0.25) is 0 Å². The highest BCUT2D eigenvalue weighted by Gasteiger charge is 2.15. The van der Waals surface area contributed by atoms with Crippen LogP contribution in [0.15, 0.2) is 23.8 Å². The lowest BCUT2D eigenvalue weighted by Gasteiger charge is -2.11. The van der Waals surface area contributed by atoms with Crippen molar-refractivity contribution in [3.05, 3.63) is 49.9 Å². The topological polar surface area (TPSA) is 38.9 Å².